The normalized spacial score (nSPS) is 10.1. The molecule has 0 unspecified atom stereocenters. The molecule has 1 aromatic carbocycles. The Bertz CT molecular complexity index is 677. The highest BCUT2D eigenvalue weighted by molar-refractivity contribution is 5.74. The maximum atomic E-state index is 9.18. The molecule has 108 valence electrons. The highest BCUT2D eigenvalue weighted by Crippen LogP contribution is 2.26. The predicted molar refractivity (Wildman–Crippen MR) is 81.4 cm³/mol. The van der Waals surface area contributed by atoms with Crippen molar-refractivity contribution in [3.8, 4) is 17.3 Å². The molecule has 0 amide bonds. The van der Waals surface area contributed by atoms with Gasteiger partial charge in [-0.25, -0.2) is 4.98 Å². The lowest BCUT2D eigenvalue weighted by atomic mass is 10.1. The molecular formula is C14H16N6O. The molecule has 7 nitrogen and oxygen atoms in total. The third-order valence-corrected chi connectivity index (χ3v) is 3.08. The third kappa shape index (κ3) is 3.01. The molecule has 2 aromatic rings. The molecule has 0 saturated carbocycles. The van der Waals surface area contributed by atoms with Gasteiger partial charge in [0.1, 0.15) is 17.5 Å². The van der Waals surface area contributed by atoms with Crippen LogP contribution in [-0.4, -0.2) is 35.3 Å². The fourth-order valence-corrected chi connectivity index (χ4v) is 1.97. The zero-order valence-electron chi connectivity index (χ0n) is 11.6. The first-order valence-corrected chi connectivity index (χ1v) is 6.32. The summed E-state index contributed by atoms with van der Waals surface area (Å²) in [6.07, 6.45) is 0. The van der Waals surface area contributed by atoms with Crippen LogP contribution in [0.4, 0.5) is 17.5 Å². The Morgan fingerprint density at radius 3 is 2.48 bits per heavy atom. The van der Waals surface area contributed by atoms with Gasteiger partial charge in [-0.3, -0.25) is 0 Å². The van der Waals surface area contributed by atoms with Crippen LogP contribution in [0.1, 0.15) is 5.56 Å². The molecule has 0 aliphatic heterocycles. The minimum absolute atomic E-state index is 0.0305. The molecular weight excluding hydrogens is 268 g/mol. The van der Waals surface area contributed by atoms with E-state index in [1.54, 1.807) is 0 Å². The molecule has 0 bridgehead atoms. The fourth-order valence-electron chi connectivity index (χ4n) is 1.97. The van der Waals surface area contributed by atoms with E-state index in [-0.39, 0.29) is 23.9 Å². The molecule has 0 aliphatic carbocycles. The van der Waals surface area contributed by atoms with E-state index in [1.807, 2.05) is 42.3 Å². The minimum atomic E-state index is 0.0305. The van der Waals surface area contributed by atoms with Gasteiger partial charge < -0.3 is 21.5 Å². The summed E-state index contributed by atoms with van der Waals surface area (Å²) in [5, 5.41) is 18.1. The van der Waals surface area contributed by atoms with E-state index < -0.39 is 0 Å². The number of nitrogens with zero attached hydrogens (tertiary/aromatic N) is 4. The quantitative estimate of drug-likeness (QED) is 0.751. The van der Waals surface area contributed by atoms with Gasteiger partial charge in [-0.05, 0) is 12.1 Å². The van der Waals surface area contributed by atoms with Crippen molar-refractivity contribution in [3.05, 3.63) is 29.8 Å². The summed E-state index contributed by atoms with van der Waals surface area (Å²) in [6, 6.07) is 9.40. The van der Waals surface area contributed by atoms with E-state index in [1.165, 1.54) is 0 Å². The fraction of sp³-hybridized carbons (Fsp3) is 0.214. The van der Waals surface area contributed by atoms with Crippen LogP contribution in [0.5, 0.6) is 0 Å². The second kappa shape index (κ2) is 6.07. The first-order chi connectivity index (χ1) is 10.1. The summed E-state index contributed by atoms with van der Waals surface area (Å²) < 4.78 is 0. The molecule has 1 heterocycles. The molecule has 1 aromatic heterocycles. The van der Waals surface area contributed by atoms with E-state index >= 15 is 0 Å². The number of benzene rings is 1. The molecule has 0 spiro atoms. The summed E-state index contributed by atoms with van der Waals surface area (Å²) in [7, 11) is 1.88. The zero-order chi connectivity index (χ0) is 15.4. The van der Waals surface area contributed by atoms with Gasteiger partial charge in [0, 0.05) is 24.8 Å². The maximum absolute atomic E-state index is 9.18. The van der Waals surface area contributed by atoms with Gasteiger partial charge in [-0.15, -0.1) is 0 Å². The Hall–Kier alpha value is -2.85. The summed E-state index contributed by atoms with van der Waals surface area (Å²) in [5.41, 5.74) is 13.6. The van der Waals surface area contributed by atoms with Crippen molar-refractivity contribution in [3.63, 3.8) is 0 Å². The largest absolute Gasteiger partial charge is 0.395 e. The van der Waals surface area contributed by atoms with Gasteiger partial charge in [0.05, 0.1) is 12.3 Å². The Labute approximate surface area is 122 Å². The Kier molecular flexibility index (Phi) is 4.21. The molecule has 0 atom stereocenters. The molecule has 5 N–H and O–H groups in total. The summed E-state index contributed by atoms with van der Waals surface area (Å²) in [5.74, 6) is 0.101. The van der Waals surface area contributed by atoms with Crippen LogP contribution in [0.2, 0.25) is 0 Å². The number of anilines is 3. The van der Waals surface area contributed by atoms with Gasteiger partial charge >= 0.3 is 0 Å². The van der Waals surface area contributed by atoms with Gasteiger partial charge in [0.25, 0.3) is 0 Å². The zero-order valence-corrected chi connectivity index (χ0v) is 11.6. The van der Waals surface area contributed by atoms with E-state index in [2.05, 4.69) is 9.97 Å². The van der Waals surface area contributed by atoms with Crippen molar-refractivity contribution >= 4 is 17.5 Å². The van der Waals surface area contributed by atoms with Crippen LogP contribution < -0.4 is 16.4 Å². The number of nitrogens with two attached hydrogens (primary N) is 2. The van der Waals surface area contributed by atoms with Crippen molar-refractivity contribution in [2.24, 2.45) is 0 Å². The lowest BCUT2D eigenvalue weighted by Crippen LogP contribution is -2.20. The number of aliphatic hydroxyl groups excluding tert-OH is 1. The number of aromatic nitrogens is 2. The van der Waals surface area contributed by atoms with Crippen LogP contribution in [-0.2, 0) is 0 Å². The van der Waals surface area contributed by atoms with Crippen molar-refractivity contribution in [2.45, 2.75) is 0 Å². The average molecular weight is 284 g/mol. The third-order valence-electron chi connectivity index (χ3n) is 3.08. The first-order valence-electron chi connectivity index (χ1n) is 6.32. The van der Waals surface area contributed by atoms with Crippen molar-refractivity contribution in [2.75, 3.05) is 36.6 Å². The van der Waals surface area contributed by atoms with Crippen LogP contribution in [0.25, 0.3) is 11.3 Å². The van der Waals surface area contributed by atoms with Crippen molar-refractivity contribution in [1.82, 2.24) is 9.97 Å². The molecule has 7 heteroatoms. The monoisotopic (exact) mass is 284 g/mol. The number of aliphatic hydroxyl groups is 1. The summed E-state index contributed by atoms with van der Waals surface area (Å²) in [6.45, 7) is 0.617. The molecule has 21 heavy (non-hydrogen) atoms. The van der Waals surface area contributed by atoms with Gasteiger partial charge in [0.15, 0.2) is 0 Å². The molecule has 0 radical (unpaired) electrons. The van der Waals surface area contributed by atoms with Crippen LogP contribution in [0.15, 0.2) is 24.3 Å². The van der Waals surface area contributed by atoms with Crippen molar-refractivity contribution in [1.29, 1.82) is 5.26 Å². The number of nitriles is 1. The second-order valence-electron chi connectivity index (χ2n) is 4.49. The van der Waals surface area contributed by atoms with E-state index in [9.17, 15) is 5.26 Å². The number of nitrogen functional groups attached to an aromatic ring is 2. The number of hydrogen-bond acceptors (Lipinski definition) is 7. The second-order valence-corrected chi connectivity index (χ2v) is 4.49. The standard InChI is InChI=1S/C14H16N6O/c1-20(6-7-21)10-4-2-9(3-5-10)12-11(8-15)13(16)19-14(17)18-12/h2-5,21H,6-7H2,1H3,(H4,16,17,18,19). The molecule has 0 aliphatic rings. The molecule has 2 rings (SSSR count). The average Bonchev–Trinajstić information content (AvgIpc) is 2.47. The first kappa shape index (κ1) is 14.6. The van der Waals surface area contributed by atoms with E-state index in [0.717, 1.165) is 11.3 Å². The Morgan fingerprint density at radius 1 is 1.24 bits per heavy atom. The summed E-state index contributed by atoms with van der Waals surface area (Å²) >= 11 is 0. The SMILES string of the molecule is CN(CCO)c1ccc(-c2nc(N)nc(N)c2C#N)cc1. The lowest BCUT2D eigenvalue weighted by molar-refractivity contribution is 0.304. The topological polar surface area (TPSA) is 125 Å². The van der Waals surface area contributed by atoms with Crippen LogP contribution in [0.3, 0.4) is 0 Å². The highest BCUT2D eigenvalue weighted by Gasteiger charge is 2.13. The number of likely N-dealkylation sites (N-methyl/N-ethyl adjacent to an activating group) is 1. The molecule has 0 saturated heterocycles. The van der Waals surface area contributed by atoms with Crippen LogP contribution >= 0.6 is 0 Å². The lowest BCUT2D eigenvalue weighted by Gasteiger charge is -2.18. The van der Waals surface area contributed by atoms with Gasteiger partial charge in [-0.2, -0.15) is 10.2 Å². The molecule has 0 fully saturated rings. The summed E-state index contributed by atoms with van der Waals surface area (Å²) in [4.78, 5) is 9.80. The minimum Gasteiger partial charge on any atom is -0.395 e. The Balaban J connectivity index is 2.42. The Morgan fingerprint density at radius 2 is 1.90 bits per heavy atom. The van der Waals surface area contributed by atoms with Gasteiger partial charge in [0.2, 0.25) is 5.95 Å². The van der Waals surface area contributed by atoms with Gasteiger partial charge in [-0.1, -0.05) is 12.1 Å². The van der Waals surface area contributed by atoms with Crippen molar-refractivity contribution < 1.29 is 5.11 Å². The number of rotatable bonds is 4. The van der Waals surface area contributed by atoms with Crippen LogP contribution in [0, 0.1) is 11.3 Å². The van der Waals surface area contributed by atoms with E-state index in [0.29, 0.717) is 12.2 Å². The number of hydrogen-bond donors (Lipinski definition) is 3. The highest BCUT2D eigenvalue weighted by atomic mass is 16.3. The predicted octanol–water partition coefficient (Wildman–Crippen LogP) is 0.608. The maximum Gasteiger partial charge on any atom is 0.222 e. The smallest absolute Gasteiger partial charge is 0.222 e. The van der Waals surface area contributed by atoms with E-state index in [4.69, 9.17) is 16.6 Å².